The molecule has 0 saturated carbocycles. The van der Waals surface area contributed by atoms with E-state index in [0.717, 1.165) is 70.8 Å². The van der Waals surface area contributed by atoms with Crippen molar-refractivity contribution in [3.63, 3.8) is 0 Å². The highest BCUT2D eigenvalue weighted by Crippen LogP contribution is 2.15. The highest BCUT2D eigenvalue weighted by Gasteiger charge is 2.23. The Labute approximate surface area is 180 Å². The average molecular weight is 487 g/mol. The largest absolute Gasteiger partial charge is 0.369 e. The van der Waals surface area contributed by atoms with E-state index in [-0.39, 0.29) is 35.8 Å². The molecule has 152 valence electrons. The van der Waals surface area contributed by atoms with Gasteiger partial charge < -0.3 is 21.3 Å². The molecule has 0 radical (unpaired) electrons. The Hall–Kier alpha value is -1.35. The Morgan fingerprint density at radius 2 is 1.93 bits per heavy atom. The third-order valence-electron chi connectivity index (χ3n) is 4.85. The van der Waals surface area contributed by atoms with Crippen LogP contribution in [0.25, 0.3) is 0 Å². The van der Waals surface area contributed by atoms with Gasteiger partial charge in [0.05, 0.1) is 5.92 Å². The number of carbonyl (C=O) groups is 1. The summed E-state index contributed by atoms with van der Waals surface area (Å²) in [6, 6.07) is 10.5. The van der Waals surface area contributed by atoms with Crippen LogP contribution in [0.3, 0.4) is 0 Å². The average Bonchev–Trinajstić information content (AvgIpc) is 2.67. The minimum absolute atomic E-state index is 0. The number of likely N-dealkylation sites (tertiary alicyclic amines) is 1. The number of nitrogens with two attached hydrogens (primary N) is 1. The Bertz CT molecular complexity index is 567. The van der Waals surface area contributed by atoms with Crippen LogP contribution in [0.1, 0.15) is 31.2 Å². The molecule has 6 nitrogen and oxygen atoms in total. The third-order valence-corrected chi connectivity index (χ3v) is 4.85. The Morgan fingerprint density at radius 1 is 1.22 bits per heavy atom. The molecular weight excluding hydrogens is 453 g/mol. The number of benzene rings is 1. The van der Waals surface area contributed by atoms with Crippen LogP contribution in [0.2, 0.25) is 0 Å². The molecule has 0 aromatic heterocycles. The van der Waals surface area contributed by atoms with E-state index in [1.165, 1.54) is 5.56 Å². The topological polar surface area (TPSA) is 82.8 Å². The number of aliphatic imine (C=N–C) groups is 1. The zero-order valence-electron chi connectivity index (χ0n) is 16.3. The molecule has 27 heavy (non-hydrogen) atoms. The summed E-state index contributed by atoms with van der Waals surface area (Å²) in [6.07, 6.45) is 5.17. The van der Waals surface area contributed by atoms with Crippen molar-refractivity contribution < 1.29 is 4.79 Å². The number of rotatable bonds is 9. The van der Waals surface area contributed by atoms with Crippen molar-refractivity contribution in [2.24, 2.45) is 16.6 Å². The normalized spacial score (nSPS) is 17.8. The van der Waals surface area contributed by atoms with Crippen LogP contribution in [0.4, 0.5) is 0 Å². The van der Waals surface area contributed by atoms with Crippen LogP contribution < -0.4 is 16.4 Å². The highest BCUT2D eigenvalue weighted by molar-refractivity contribution is 14.0. The minimum atomic E-state index is -0.159. The second kappa shape index (κ2) is 13.8. The van der Waals surface area contributed by atoms with E-state index in [0.29, 0.717) is 0 Å². The number of piperidine rings is 1. The fraction of sp³-hybridized carbons (Fsp3) is 0.600. The molecule has 1 amide bonds. The first-order valence-corrected chi connectivity index (χ1v) is 9.69. The summed E-state index contributed by atoms with van der Waals surface area (Å²) in [4.78, 5) is 17.9. The lowest BCUT2D eigenvalue weighted by Crippen LogP contribution is -2.43. The van der Waals surface area contributed by atoms with Crippen LogP contribution in [-0.4, -0.2) is 56.5 Å². The molecule has 1 aromatic rings. The Balaban J connectivity index is 0.00000364. The van der Waals surface area contributed by atoms with Gasteiger partial charge in [0.15, 0.2) is 5.96 Å². The van der Waals surface area contributed by atoms with Gasteiger partial charge in [0, 0.05) is 26.7 Å². The summed E-state index contributed by atoms with van der Waals surface area (Å²) in [6.45, 7) is 4.64. The molecule has 4 N–H and O–H groups in total. The Morgan fingerprint density at radius 3 is 2.59 bits per heavy atom. The standard InChI is InChI=1S/C20H33N5O.HI/c1-22-20(23-12-5-10-17-8-3-2-4-9-17)24-13-7-15-25-14-6-11-18(16-25)19(21)26;/h2-4,8-9,18H,5-7,10-16H2,1H3,(H2,21,26)(H2,22,23,24);1H. The van der Waals surface area contributed by atoms with E-state index in [1.54, 1.807) is 7.05 Å². The fourth-order valence-electron chi connectivity index (χ4n) is 3.36. The van der Waals surface area contributed by atoms with E-state index in [2.05, 4.69) is 44.8 Å². The molecule has 1 saturated heterocycles. The fourth-order valence-corrected chi connectivity index (χ4v) is 3.36. The number of nitrogens with zero attached hydrogens (tertiary/aromatic N) is 2. The summed E-state index contributed by atoms with van der Waals surface area (Å²) < 4.78 is 0. The molecule has 1 atom stereocenters. The smallest absolute Gasteiger partial charge is 0.221 e. The molecule has 0 spiro atoms. The maximum Gasteiger partial charge on any atom is 0.221 e. The van der Waals surface area contributed by atoms with Crippen molar-refractivity contribution in [3.8, 4) is 0 Å². The summed E-state index contributed by atoms with van der Waals surface area (Å²) in [5.74, 6) is 0.718. The van der Waals surface area contributed by atoms with Crippen molar-refractivity contribution >= 4 is 35.8 Å². The van der Waals surface area contributed by atoms with Gasteiger partial charge >= 0.3 is 0 Å². The van der Waals surface area contributed by atoms with Gasteiger partial charge in [-0.2, -0.15) is 0 Å². The number of carbonyl (C=O) groups excluding carboxylic acids is 1. The molecule has 0 aliphatic carbocycles. The quantitative estimate of drug-likeness (QED) is 0.215. The second-order valence-electron chi connectivity index (χ2n) is 6.91. The molecule has 1 aliphatic rings. The molecule has 2 rings (SSSR count). The Kier molecular flexibility index (Phi) is 12.1. The van der Waals surface area contributed by atoms with Gasteiger partial charge in [-0.3, -0.25) is 9.79 Å². The van der Waals surface area contributed by atoms with Crippen molar-refractivity contribution in [2.45, 2.75) is 32.1 Å². The van der Waals surface area contributed by atoms with E-state index in [9.17, 15) is 4.79 Å². The molecule has 1 aromatic carbocycles. The lowest BCUT2D eigenvalue weighted by molar-refractivity contribution is -0.123. The van der Waals surface area contributed by atoms with Gasteiger partial charge in [-0.1, -0.05) is 30.3 Å². The number of halogens is 1. The second-order valence-corrected chi connectivity index (χ2v) is 6.91. The van der Waals surface area contributed by atoms with Crippen LogP contribution in [0.15, 0.2) is 35.3 Å². The van der Waals surface area contributed by atoms with Crippen molar-refractivity contribution in [1.82, 2.24) is 15.5 Å². The maximum atomic E-state index is 11.3. The third kappa shape index (κ3) is 9.41. The van der Waals surface area contributed by atoms with Gasteiger partial charge in [-0.25, -0.2) is 0 Å². The monoisotopic (exact) mass is 487 g/mol. The molecule has 1 fully saturated rings. The van der Waals surface area contributed by atoms with Crippen molar-refractivity contribution in [2.75, 3.05) is 39.8 Å². The van der Waals surface area contributed by atoms with E-state index in [1.807, 2.05) is 6.07 Å². The van der Waals surface area contributed by atoms with Crippen LogP contribution in [0, 0.1) is 5.92 Å². The summed E-state index contributed by atoms with van der Waals surface area (Å²) in [7, 11) is 1.80. The minimum Gasteiger partial charge on any atom is -0.369 e. The number of aryl methyl sites for hydroxylation is 1. The number of guanidine groups is 1. The number of nitrogens with one attached hydrogen (secondary N) is 2. The van der Waals surface area contributed by atoms with Crippen LogP contribution in [0.5, 0.6) is 0 Å². The van der Waals surface area contributed by atoms with Gasteiger partial charge in [-0.15, -0.1) is 24.0 Å². The predicted octanol–water partition coefficient (Wildman–Crippen LogP) is 1.99. The molecule has 7 heteroatoms. The molecule has 1 unspecified atom stereocenters. The highest BCUT2D eigenvalue weighted by atomic mass is 127. The lowest BCUT2D eigenvalue weighted by atomic mass is 9.97. The maximum absolute atomic E-state index is 11.3. The molecule has 1 aliphatic heterocycles. The lowest BCUT2D eigenvalue weighted by Gasteiger charge is -2.31. The molecule has 1 heterocycles. The van der Waals surface area contributed by atoms with Gasteiger partial charge in [-0.05, 0) is 50.8 Å². The van der Waals surface area contributed by atoms with Crippen LogP contribution >= 0.6 is 24.0 Å². The zero-order valence-corrected chi connectivity index (χ0v) is 18.7. The first kappa shape index (κ1) is 23.7. The SMILES string of the molecule is CN=C(NCCCc1ccccc1)NCCCN1CCCC(C(N)=O)C1.I. The van der Waals surface area contributed by atoms with Crippen LogP contribution in [-0.2, 0) is 11.2 Å². The zero-order chi connectivity index (χ0) is 18.6. The van der Waals surface area contributed by atoms with Gasteiger partial charge in [0.1, 0.15) is 0 Å². The van der Waals surface area contributed by atoms with Crippen molar-refractivity contribution in [3.05, 3.63) is 35.9 Å². The van der Waals surface area contributed by atoms with Gasteiger partial charge in [0.25, 0.3) is 0 Å². The molecule has 0 bridgehead atoms. The van der Waals surface area contributed by atoms with E-state index >= 15 is 0 Å². The number of amides is 1. The number of hydrogen-bond donors (Lipinski definition) is 3. The number of primary amides is 1. The summed E-state index contributed by atoms with van der Waals surface area (Å²) >= 11 is 0. The number of hydrogen-bond acceptors (Lipinski definition) is 3. The first-order chi connectivity index (χ1) is 12.7. The van der Waals surface area contributed by atoms with Gasteiger partial charge in [0.2, 0.25) is 5.91 Å². The summed E-state index contributed by atoms with van der Waals surface area (Å²) in [5.41, 5.74) is 6.80. The predicted molar refractivity (Wildman–Crippen MR) is 123 cm³/mol. The summed E-state index contributed by atoms with van der Waals surface area (Å²) in [5, 5.41) is 6.73. The first-order valence-electron chi connectivity index (χ1n) is 9.69. The van der Waals surface area contributed by atoms with E-state index < -0.39 is 0 Å². The molecular formula is C20H34IN5O. The van der Waals surface area contributed by atoms with Crippen molar-refractivity contribution in [1.29, 1.82) is 0 Å². The van der Waals surface area contributed by atoms with E-state index in [4.69, 9.17) is 5.73 Å².